The van der Waals surface area contributed by atoms with E-state index in [1.807, 2.05) is 48.5 Å². The van der Waals surface area contributed by atoms with Gasteiger partial charge in [0.05, 0.1) is 17.8 Å². The summed E-state index contributed by atoms with van der Waals surface area (Å²) in [4.78, 5) is 10.2. The first-order chi connectivity index (χ1) is 15.1. The minimum atomic E-state index is 0.503. The standard InChI is InChI=1S/C24H30N4O2S/c1-17-18(2)31-23(28-17)12-13-26-24(25-3)27-15-20-10-11-21(22(14-20)29-4)30-16-19-8-6-5-7-9-19/h5-11,14H,12-13,15-16H2,1-4H3,(H2,25,26,27). The fraction of sp³-hybridized carbons (Fsp3) is 0.333. The van der Waals surface area contributed by atoms with Crippen molar-refractivity contribution in [3.8, 4) is 11.5 Å². The van der Waals surface area contributed by atoms with Crippen LogP contribution in [0.4, 0.5) is 0 Å². The first kappa shape index (κ1) is 22.6. The van der Waals surface area contributed by atoms with Crippen molar-refractivity contribution < 1.29 is 9.47 Å². The van der Waals surface area contributed by atoms with Crippen molar-refractivity contribution in [3.05, 3.63) is 75.2 Å². The predicted molar refractivity (Wildman–Crippen MR) is 127 cm³/mol. The largest absolute Gasteiger partial charge is 0.493 e. The molecule has 0 saturated carbocycles. The summed E-state index contributed by atoms with van der Waals surface area (Å²) < 4.78 is 11.5. The van der Waals surface area contributed by atoms with Crippen LogP contribution in [-0.4, -0.2) is 31.6 Å². The van der Waals surface area contributed by atoms with Crippen molar-refractivity contribution in [1.82, 2.24) is 15.6 Å². The Balaban J connectivity index is 1.50. The lowest BCUT2D eigenvalue weighted by Gasteiger charge is -2.14. The Morgan fingerprint density at radius 1 is 1.03 bits per heavy atom. The zero-order valence-corrected chi connectivity index (χ0v) is 19.4. The average molecular weight is 439 g/mol. The number of thiazole rings is 1. The lowest BCUT2D eigenvalue weighted by molar-refractivity contribution is 0.284. The summed E-state index contributed by atoms with van der Waals surface area (Å²) in [5.74, 6) is 2.20. The molecule has 2 N–H and O–H groups in total. The third-order valence-electron chi connectivity index (χ3n) is 4.85. The fourth-order valence-corrected chi connectivity index (χ4v) is 3.95. The van der Waals surface area contributed by atoms with E-state index in [1.165, 1.54) is 4.88 Å². The Morgan fingerprint density at radius 3 is 2.52 bits per heavy atom. The van der Waals surface area contributed by atoms with Gasteiger partial charge in [-0.15, -0.1) is 11.3 Å². The smallest absolute Gasteiger partial charge is 0.191 e. The van der Waals surface area contributed by atoms with Crippen LogP contribution in [0.3, 0.4) is 0 Å². The maximum atomic E-state index is 5.93. The van der Waals surface area contributed by atoms with Gasteiger partial charge in [0.1, 0.15) is 6.61 Å². The molecule has 0 unspecified atom stereocenters. The van der Waals surface area contributed by atoms with Crippen molar-refractivity contribution >= 4 is 17.3 Å². The van der Waals surface area contributed by atoms with Gasteiger partial charge in [-0.05, 0) is 37.1 Å². The Bertz CT molecular complexity index is 983. The first-order valence-corrected chi connectivity index (χ1v) is 11.1. The number of aliphatic imine (C=N–C) groups is 1. The molecule has 0 bridgehead atoms. The Morgan fingerprint density at radius 2 is 1.84 bits per heavy atom. The van der Waals surface area contributed by atoms with Crippen molar-refractivity contribution in [3.63, 3.8) is 0 Å². The van der Waals surface area contributed by atoms with Gasteiger partial charge in [0.25, 0.3) is 0 Å². The van der Waals surface area contributed by atoms with Crippen molar-refractivity contribution in [2.24, 2.45) is 4.99 Å². The molecule has 0 aliphatic rings. The highest BCUT2D eigenvalue weighted by molar-refractivity contribution is 7.11. The van der Waals surface area contributed by atoms with Crippen LogP contribution in [0, 0.1) is 13.8 Å². The zero-order chi connectivity index (χ0) is 22.1. The lowest BCUT2D eigenvalue weighted by atomic mass is 10.2. The summed E-state index contributed by atoms with van der Waals surface area (Å²) in [6.07, 6.45) is 0.876. The number of rotatable bonds is 9. The quantitative estimate of drug-likeness (QED) is 0.386. The molecule has 31 heavy (non-hydrogen) atoms. The number of nitrogens with one attached hydrogen (secondary N) is 2. The van der Waals surface area contributed by atoms with E-state index < -0.39 is 0 Å². The minimum Gasteiger partial charge on any atom is -0.493 e. The molecular weight excluding hydrogens is 408 g/mol. The van der Waals surface area contributed by atoms with Gasteiger partial charge in [0.2, 0.25) is 0 Å². The van der Waals surface area contributed by atoms with Crippen LogP contribution < -0.4 is 20.1 Å². The Kier molecular flexibility index (Phi) is 8.29. The summed E-state index contributed by atoms with van der Waals surface area (Å²) in [7, 11) is 3.43. The van der Waals surface area contributed by atoms with Gasteiger partial charge in [-0.1, -0.05) is 36.4 Å². The van der Waals surface area contributed by atoms with E-state index in [2.05, 4.69) is 34.5 Å². The van der Waals surface area contributed by atoms with E-state index in [0.29, 0.717) is 18.9 Å². The van der Waals surface area contributed by atoms with Gasteiger partial charge < -0.3 is 20.1 Å². The van der Waals surface area contributed by atoms with Crippen LogP contribution in [-0.2, 0) is 19.6 Å². The van der Waals surface area contributed by atoms with E-state index in [-0.39, 0.29) is 0 Å². The first-order valence-electron chi connectivity index (χ1n) is 10.3. The molecule has 1 heterocycles. The van der Waals surface area contributed by atoms with Gasteiger partial charge in [0, 0.05) is 31.4 Å². The number of methoxy groups -OCH3 is 1. The number of benzene rings is 2. The van der Waals surface area contributed by atoms with Crippen LogP contribution in [0.15, 0.2) is 53.5 Å². The number of hydrogen-bond acceptors (Lipinski definition) is 5. The molecule has 6 nitrogen and oxygen atoms in total. The molecule has 1 aromatic heterocycles. The highest BCUT2D eigenvalue weighted by Crippen LogP contribution is 2.28. The maximum Gasteiger partial charge on any atom is 0.191 e. The molecule has 0 amide bonds. The van der Waals surface area contributed by atoms with Crippen LogP contribution in [0.5, 0.6) is 11.5 Å². The minimum absolute atomic E-state index is 0.503. The Hall–Kier alpha value is -3.06. The third-order valence-corrected chi connectivity index (χ3v) is 5.99. The molecule has 0 saturated heterocycles. The zero-order valence-electron chi connectivity index (χ0n) is 18.6. The topological polar surface area (TPSA) is 67.8 Å². The number of nitrogens with zero attached hydrogens (tertiary/aromatic N) is 2. The van der Waals surface area contributed by atoms with Crippen LogP contribution in [0.1, 0.15) is 26.7 Å². The third kappa shape index (κ3) is 6.72. The summed E-state index contributed by atoms with van der Waals surface area (Å²) in [5, 5.41) is 7.83. The number of guanidine groups is 1. The van der Waals surface area contributed by atoms with Crippen LogP contribution in [0.2, 0.25) is 0 Å². The number of ether oxygens (including phenoxy) is 2. The second kappa shape index (κ2) is 11.4. The van der Waals surface area contributed by atoms with Crippen molar-refractivity contribution in [2.45, 2.75) is 33.4 Å². The van der Waals surface area contributed by atoms with E-state index >= 15 is 0 Å². The van der Waals surface area contributed by atoms with Gasteiger partial charge in [-0.3, -0.25) is 4.99 Å². The summed E-state index contributed by atoms with van der Waals surface area (Å²) in [6, 6.07) is 16.1. The molecular formula is C24H30N4O2S. The second-order valence-electron chi connectivity index (χ2n) is 7.11. The van der Waals surface area contributed by atoms with E-state index in [1.54, 1.807) is 25.5 Å². The Labute approximate surface area is 188 Å². The van der Waals surface area contributed by atoms with Gasteiger partial charge in [0.15, 0.2) is 17.5 Å². The molecule has 3 aromatic rings. The molecule has 0 aliphatic heterocycles. The van der Waals surface area contributed by atoms with E-state index in [0.717, 1.165) is 46.5 Å². The molecule has 2 aromatic carbocycles. The maximum absolute atomic E-state index is 5.93. The van der Waals surface area contributed by atoms with Crippen LogP contribution in [0.25, 0.3) is 0 Å². The number of aryl methyl sites for hydroxylation is 2. The SMILES string of the molecule is CN=C(NCCc1nc(C)c(C)s1)NCc1ccc(OCc2ccccc2)c(OC)c1. The second-order valence-corrected chi connectivity index (χ2v) is 8.40. The molecule has 164 valence electrons. The van der Waals surface area contributed by atoms with Crippen molar-refractivity contribution in [2.75, 3.05) is 20.7 Å². The highest BCUT2D eigenvalue weighted by atomic mass is 32.1. The van der Waals surface area contributed by atoms with Gasteiger partial charge in [-0.25, -0.2) is 4.98 Å². The van der Waals surface area contributed by atoms with Gasteiger partial charge >= 0.3 is 0 Å². The molecule has 7 heteroatoms. The molecule has 3 rings (SSSR count). The summed E-state index contributed by atoms with van der Waals surface area (Å²) in [5.41, 5.74) is 3.32. The fourth-order valence-electron chi connectivity index (χ4n) is 3.02. The van der Waals surface area contributed by atoms with E-state index in [4.69, 9.17) is 9.47 Å². The van der Waals surface area contributed by atoms with Crippen molar-refractivity contribution in [1.29, 1.82) is 0 Å². The summed E-state index contributed by atoms with van der Waals surface area (Å²) in [6.45, 7) is 6.07. The predicted octanol–water partition coefficient (Wildman–Crippen LogP) is 4.26. The summed E-state index contributed by atoms with van der Waals surface area (Å²) >= 11 is 1.75. The van der Waals surface area contributed by atoms with Gasteiger partial charge in [-0.2, -0.15) is 0 Å². The monoisotopic (exact) mass is 438 g/mol. The highest BCUT2D eigenvalue weighted by Gasteiger charge is 2.08. The molecule has 0 spiro atoms. The molecule has 0 fully saturated rings. The average Bonchev–Trinajstić information content (AvgIpc) is 3.12. The van der Waals surface area contributed by atoms with Crippen LogP contribution >= 0.6 is 11.3 Å². The normalized spacial score (nSPS) is 11.3. The molecule has 0 radical (unpaired) electrons. The van der Waals surface area contributed by atoms with E-state index in [9.17, 15) is 0 Å². The number of hydrogen-bond donors (Lipinski definition) is 2. The number of aromatic nitrogens is 1. The molecule has 0 atom stereocenters. The molecule has 0 aliphatic carbocycles. The lowest BCUT2D eigenvalue weighted by Crippen LogP contribution is -2.37.